The van der Waals surface area contributed by atoms with Gasteiger partial charge in [-0.15, -0.1) is 11.3 Å². The molecular weight excluding hydrogens is 406 g/mol. The molecule has 3 aromatic rings. The number of aliphatic imine (C=N–C) groups is 1. The van der Waals surface area contributed by atoms with Crippen LogP contribution in [0, 0.1) is 0 Å². The molecule has 2 aromatic carbocycles. The molecule has 1 unspecified atom stereocenters. The zero-order valence-corrected chi connectivity index (χ0v) is 16.7. The molecule has 26 heavy (non-hydrogen) atoms. The van der Waals surface area contributed by atoms with E-state index in [1.165, 1.54) is 16.7 Å². The number of hydrogen-bond acceptors (Lipinski definition) is 3. The molecule has 1 heterocycles. The first-order valence-electron chi connectivity index (χ1n) is 8.68. The van der Waals surface area contributed by atoms with E-state index < -0.39 is 0 Å². The number of nitrogens with two attached hydrogens (primary N) is 1. The van der Waals surface area contributed by atoms with Crippen molar-refractivity contribution in [2.24, 2.45) is 10.7 Å². The van der Waals surface area contributed by atoms with E-state index in [-0.39, 0.29) is 0 Å². The Balaban J connectivity index is 1.47. The van der Waals surface area contributed by atoms with Gasteiger partial charge in [-0.25, -0.2) is 4.99 Å². The van der Waals surface area contributed by atoms with Gasteiger partial charge >= 0.3 is 0 Å². The van der Waals surface area contributed by atoms with Gasteiger partial charge in [-0.1, -0.05) is 40.2 Å². The van der Waals surface area contributed by atoms with Crippen molar-refractivity contribution in [1.29, 1.82) is 0 Å². The van der Waals surface area contributed by atoms with Gasteiger partial charge in [0.15, 0.2) is 0 Å². The summed E-state index contributed by atoms with van der Waals surface area (Å²) in [5.74, 6) is 0.585. The fraction of sp³-hybridized carbons (Fsp3) is 0.190. The van der Waals surface area contributed by atoms with Crippen LogP contribution in [0.1, 0.15) is 34.0 Å². The zero-order chi connectivity index (χ0) is 17.9. The highest BCUT2D eigenvalue weighted by Crippen LogP contribution is 2.34. The highest BCUT2D eigenvalue weighted by atomic mass is 79.9. The Morgan fingerprint density at radius 1 is 1.19 bits per heavy atom. The van der Waals surface area contributed by atoms with Gasteiger partial charge in [0.25, 0.3) is 0 Å². The van der Waals surface area contributed by atoms with Gasteiger partial charge in [-0.2, -0.15) is 0 Å². The number of hydrogen-bond donors (Lipinski definition) is 2. The molecule has 0 fully saturated rings. The standard InChI is InChI=1S/C21H20BrN3S/c22-16-4-1-3-14(11-16)13-24-19-9-6-15-12-17(7-8-18(15)19)25-21(23)20-5-2-10-26-20/h1-5,7-8,10-12,19,24H,6,9,13H2,(H2,23,25). The van der Waals surface area contributed by atoms with E-state index in [2.05, 4.69) is 68.7 Å². The van der Waals surface area contributed by atoms with Crippen LogP contribution in [0.15, 0.2) is 69.4 Å². The Morgan fingerprint density at radius 2 is 2.12 bits per heavy atom. The summed E-state index contributed by atoms with van der Waals surface area (Å²) in [5.41, 5.74) is 11.1. The lowest BCUT2D eigenvalue weighted by molar-refractivity contribution is 0.530. The Morgan fingerprint density at radius 3 is 2.92 bits per heavy atom. The minimum atomic E-state index is 0.400. The van der Waals surface area contributed by atoms with Gasteiger partial charge in [0, 0.05) is 17.1 Å². The van der Waals surface area contributed by atoms with Crippen LogP contribution in [-0.4, -0.2) is 5.84 Å². The predicted molar refractivity (Wildman–Crippen MR) is 113 cm³/mol. The van der Waals surface area contributed by atoms with Gasteiger partial charge in [0.2, 0.25) is 0 Å². The lowest BCUT2D eigenvalue weighted by Gasteiger charge is -2.14. The summed E-state index contributed by atoms with van der Waals surface area (Å²) in [5, 5.41) is 5.70. The number of thiophene rings is 1. The average Bonchev–Trinajstić information content (AvgIpc) is 3.30. The number of aryl methyl sites for hydroxylation is 1. The SMILES string of the molecule is NC(=Nc1ccc2c(c1)CCC2NCc1cccc(Br)c1)c1cccs1. The first kappa shape index (κ1) is 17.5. The fourth-order valence-electron chi connectivity index (χ4n) is 3.39. The van der Waals surface area contributed by atoms with Crippen molar-refractivity contribution in [2.75, 3.05) is 0 Å². The highest BCUT2D eigenvalue weighted by Gasteiger charge is 2.22. The number of nitrogens with one attached hydrogen (secondary N) is 1. The van der Waals surface area contributed by atoms with Crippen LogP contribution in [0.4, 0.5) is 5.69 Å². The predicted octanol–water partition coefficient (Wildman–Crippen LogP) is 5.32. The summed E-state index contributed by atoms with van der Waals surface area (Å²) in [6.45, 7) is 0.870. The lowest BCUT2D eigenvalue weighted by Crippen LogP contribution is -2.18. The minimum Gasteiger partial charge on any atom is -0.383 e. The van der Waals surface area contributed by atoms with Crippen molar-refractivity contribution in [3.05, 3.63) is 86.0 Å². The second kappa shape index (κ2) is 7.74. The lowest BCUT2D eigenvalue weighted by atomic mass is 10.1. The zero-order valence-electron chi connectivity index (χ0n) is 14.3. The maximum absolute atomic E-state index is 6.11. The number of nitrogens with zero attached hydrogens (tertiary/aromatic N) is 1. The first-order chi connectivity index (χ1) is 12.7. The van der Waals surface area contributed by atoms with Crippen LogP contribution in [0.25, 0.3) is 0 Å². The van der Waals surface area contributed by atoms with Crippen LogP contribution < -0.4 is 11.1 Å². The van der Waals surface area contributed by atoms with E-state index in [1.807, 2.05) is 17.5 Å². The van der Waals surface area contributed by atoms with Gasteiger partial charge in [0.05, 0.1) is 10.6 Å². The van der Waals surface area contributed by atoms with E-state index in [0.717, 1.165) is 34.4 Å². The molecule has 3 nitrogen and oxygen atoms in total. The molecule has 5 heteroatoms. The van der Waals surface area contributed by atoms with Crippen molar-refractivity contribution in [2.45, 2.75) is 25.4 Å². The van der Waals surface area contributed by atoms with Crippen LogP contribution in [0.5, 0.6) is 0 Å². The van der Waals surface area contributed by atoms with Crippen molar-refractivity contribution >= 4 is 38.8 Å². The smallest absolute Gasteiger partial charge is 0.141 e. The molecule has 0 radical (unpaired) electrons. The van der Waals surface area contributed by atoms with Crippen LogP contribution in [0.3, 0.4) is 0 Å². The molecule has 3 N–H and O–H groups in total. The molecule has 0 saturated heterocycles. The summed E-state index contributed by atoms with van der Waals surface area (Å²) in [6.07, 6.45) is 2.20. The fourth-order valence-corrected chi connectivity index (χ4v) is 4.47. The third-order valence-corrected chi connectivity index (χ3v) is 6.05. The van der Waals surface area contributed by atoms with Crippen molar-refractivity contribution in [3.8, 4) is 0 Å². The Labute approximate surface area is 166 Å². The summed E-state index contributed by atoms with van der Waals surface area (Å²) in [7, 11) is 0. The Kier molecular flexibility index (Phi) is 5.20. The van der Waals surface area contributed by atoms with Gasteiger partial charge in [0.1, 0.15) is 5.84 Å². The van der Waals surface area contributed by atoms with E-state index in [0.29, 0.717) is 11.9 Å². The number of benzene rings is 2. The molecule has 0 saturated carbocycles. The molecule has 0 bridgehead atoms. The molecule has 1 aromatic heterocycles. The summed E-state index contributed by atoms with van der Waals surface area (Å²) in [6, 6.07) is 19.3. The van der Waals surface area contributed by atoms with Crippen molar-refractivity contribution in [3.63, 3.8) is 0 Å². The average molecular weight is 426 g/mol. The summed E-state index contributed by atoms with van der Waals surface area (Å²) < 4.78 is 1.12. The van der Waals surface area contributed by atoms with Gasteiger partial charge in [-0.05, 0) is 65.2 Å². The van der Waals surface area contributed by atoms with Gasteiger partial charge < -0.3 is 11.1 Å². The molecule has 0 amide bonds. The molecular formula is C21H20BrN3S. The summed E-state index contributed by atoms with van der Waals surface area (Å²) in [4.78, 5) is 5.60. The van der Waals surface area contributed by atoms with Crippen LogP contribution in [0.2, 0.25) is 0 Å². The highest BCUT2D eigenvalue weighted by molar-refractivity contribution is 9.10. The first-order valence-corrected chi connectivity index (χ1v) is 10.3. The molecule has 0 aliphatic heterocycles. The van der Waals surface area contributed by atoms with Crippen LogP contribution >= 0.6 is 27.3 Å². The normalized spacial score (nSPS) is 16.7. The van der Waals surface area contributed by atoms with E-state index in [4.69, 9.17) is 5.73 Å². The number of fused-ring (bicyclic) bond motifs is 1. The van der Waals surface area contributed by atoms with Gasteiger partial charge in [-0.3, -0.25) is 0 Å². The second-order valence-corrected chi connectivity index (χ2v) is 8.32. The minimum absolute atomic E-state index is 0.400. The summed E-state index contributed by atoms with van der Waals surface area (Å²) >= 11 is 5.15. The molecule has 0 spiro atoms. The quantitative estimate of drug-likeness (QED) is 0.428. The molecule has 4 rings (SSSR count). The molecule has 1 aliphatic rings. The topological polar surface area (TPSA) is 50.4 Å². The van der Waals surface area contributed by atoms with Crippen molar-refractivity contribution in [1.82, 2.24) is 5.32 Å². The third kappa shape index (κ3) is 3.90. The molecule has 1 atom stereocenters. The monoisotopic (exact) mass is 425 g/mol. The Bertz CT molecular complexity index is 934. The maximum Gasteiger partial charge on any atom is 0.141 e. The molecule has 132 valence electrons. The van der Waals surface area contributed by atoms with Crippen molar-refractivity contribution < 1.29 is 0 Å². The largest absolute Gasteiger partial charge is 0.383 e. The number of halogens is 1. The number of amidine groups is 1. The van der Waals surface area contributed by atoms with Crippen LogP contribution in [-0.2, 0) is 13.0 Å². The Hall–Kier alpha value is -1.95. The number of rotatable bonds is 5. The van der Waals surface area contributed by atoms with E-state index in [1.54, 1.807) is 11.3 Å². The second-order valence-electron chi connectivity index (χ2n) is 6.46. The van der Waals surface area contributed by atoms with E-state index in [9.17, 15) is 0 Å². The van der Waals surface area contributed by atoms with E-state index >= 15 is 0 Å². The molecule has 1 aliphatic carbocycles. The maximum atomic E-state index is 6.11. The third-order valence-electron chi connectivity index (χ3n) is 4.67.